The number of ketones is 1. The molecule has 4 rings (SSSR count). The van der Waals surface area contributed by atoms with E-state index in [1.165, 1.54) is 11.0 Å². The van der Waals surface area contributed by atoms with Crippen LogP contribution in [0.1, 0.15) is 35.2 Å². The summed E-state index contributed by atoms with van der Waals surface area (Å²) in [7, 11) is 0. The molecule has 5 heteroatoms. The van der Waals surface area contributed by atoms with E-state index in [4.69, 9.17) is 0 Å². The average Bonchev–Trinajstić information content (AvgIpc) is 3.09. The number of aromatic nitrogens is 1. The van der Waals surface area contributed by atoms with Crippen molar-refractivity contribution in [3.8, 4) is 0 Å². The number of nitrogens with zero attached hydrogens (tertiary/aromatic N) is 2. The molecule has 1 atom stereocenters. The highest BCUT2D eigenvalue weighted by Crippen LogP contribution is 2.39. The van der Waals surface area contributed by atoms with E-state index in [1.54, 1.807) is 24.5 Å². The Morgan fingerprint density at radius 1 is 1.03 bits per heavy atom. The number of rotatable bonds is 7. The predicted octanol–water partition coefficient (Wildman–Crippen LogP) is 4.82. The fraction of sp³-hybridized carbons (Fsp3) is 0.148. The van der Waals surface area contributed by atoms with Crippen LogP contribution in [0.5, 0.6) is 0 Å². The van der Waals surface area contributed by atoms with Gasteiger partial charge in [0.15, 0.2) is 11.5 Å². The van der Waals surface area contributed by atoms with E-state index in [0.29, 0.717) is 0 Å². The number of aliphatic hydroxyl groups excluding tert-OH is 1. The van der Waals surface area contributed by atoms with Crippen LogP contribution in [0.2, 0.25) is 0 Å². The first-order chi connectivity index (χ1) is 15.6. The van der Waals surface area contributed by atoms with Crippen LogP contribution in [0.4, 0.5) is 0 Å². The molecule has 3 aromatic rings. The van der Waals surface area contributed by atoms with Crippen LogP contribution in [0.25, 0.3) is 6.08 Å². The van der Waals surface area contributed by atoms with Crippen molar-refractivity contribution < 1.29 is 14.7 Å². The van der Waals surface area contributed by atoms with Crippen molar-refractivity contribution in [2.75, 3.05) is 0 Å². The number of hydrogen-bond acceptors (Lipinski definition) is 4. The van der Waals surface area contributed by atoms with E-state index < -0.39 is 23.5 Å². The molecule has 1 aromatic heterocycles. The molecular formula is C27H24N2O3. The van der Waals surface area contributed by atoms with Crippen LogP contribution in [-0.4, -0.2) is 26.7 Å². The molecule has 2 aromatic carbocycles. The molecule has 1 unspecified atom stereocenters. The largest absolute Gasteiger partial charge is 0.503 e. The molecule has 0 fully saturated rings. The van der Waals surface area contributed by atoms with E-state index in [-0.39, 0.29) is 12.1 Å². The molecule has 1 amide bonds. The van der Waals surface area contributed by atoms with Gasteiger partial charge in [0.1, 0.15) is 0 Å². The number of hydrogen-bond donors (Lipinski definition) is 1. The molecule has 0 aliphatic carbocycles. The molecule has 2 heterocycles. The minimum Gasteiger partial charge on any atom is -0.503 e. The standard InChI is InChI=1S/C27H24N2O3/c1-2-19-10-13-22(14-11-19)25-24(23(30)15-12-20-7-4-3-5-8-20)26(31)27(32)29(25)18-21-9-6-16-28-17-21/h3-17,25,31H,2,18H2,1H3/b15-12+. The Bertz CT molecular complexity index is 1170. The van der Waals surface area contributed by atoms with Gasteiger partial charge in [0.2, 0.25) is 0 Å². The molecule has 0 saturated heterocycles. The minimum atomic E-state index is -0.679. The minimum absolute atomic E-state index is 0.0929. The first-order valence-electron chi connectivity index (χ1n) is 10.6. The van der Waals surface area contributed by atoms with Crippen LogP contribution in [-0.2, 0) is 22.6 Å². The van der Waals surface area contributed by atoms with Crippen LogP contribution in [0.15, 0.2) is 96.5 Å². The van der Waals surface area contributed by atoms with Gasteiger partial charge in [-0.05, 0) is 40.8 Å². The second-order valence-electron chi connectivity index (χ2n) is 7.66. The van der Waals surface area contributed by atoms with Crippen LogP contribution in [0.3, 0.4) is 0 Å². The lowest BCUT2D eigenvalue weighted by atomic mass is 9.94. The Morgan fingerprint density at radius 3 is 2.44 bits per heavy atom. The maximum absolute atomic E-state index is 13.2. The summed E-state index contributed by atoms with van der Waals surface area (Å²) in [5.74, 6) is -1.45. The Balaban J connectivity index is 1.72. The van der Waals surface area contributed by atoms with Gasteiger partial charge >= 0.3 is 0 Å². The zero-order valence-corrected chi connectivity index (χ0v) is 17.8. The summed E-state index contributed by atoms with van der Waals surface area (Å²) in [6.07, 6.45) is 7.32. The molecule has 1 aliphatic rings. The lowest BCUT2D eigenvalue weighted by molar-refractivity contribution is -0.130. The highest BCUT2D eigenvalue weighted by molar-refractivity contribution is 6.14. The Kier molecular flexibility index (Phi) is 6.26. The maximum Gasteiger partial charge on any atom is 0.290 e. The third-order valence-corrected chi connectivity index (χ3v) is 5.58. The SMILES string of the molecule is CCc1ccc(C2C(C(=O)/C=C/c3ccccc3)=C(O)C(=O)N2Cc2cccnc2)cc1. The first-order valence-corrected chi connectivity index (χ1v) is 10.6. The first kappa shape index (κ1) is 21.2. The molecular weight excluding hydrogens is 400 g/mol. The van der Waals surface area contributed by atoms with Crippen molar-refractivity contribution in [3.05, 3.63) is 119 Å². The molecule has 1 aliphatic heterocycles. The number of carbonyl (C=O) groups is 2. The van der Waals surface area contributed by atoms with Crippen LogP contribution < -0.4 is 0 Å². The fourth-order valence-corrected chi connectivity index (χ4v) is 3.86. The lowest BCUT2D eigenvalue weighted by Crippen LogP contribution is -2.30. The van der Waals surface area contributed by atoms with E-state index in [1.807, 2.05) is 60.7 Å². The third-order valence-electron chi connectivity index (χ3n) is 5.58. The van der Waals surface area contributed by atoms with Gasteiger partial charge in [0.25, 0.3) is 5.91 Å². The highest BCUT2D eigenvalue weighted by atomic mass is 16.3. The van der Waals surface area contributed by atoms with Crippen molar-refractivity contribution in [2.45, 2.75) is 25.9 Å². The molecule has 32 heavy (non-hydrogen) atoms. The smallest absolute Gasteiger partial charge is 0.290 e. The summed E-state index contributed by atoms with van der Waals surface area (Å²) in [5, 5.41) is 10.7. The number of pyridine rings is 1. The second-order valence-corrected chi connectivity index (χ2v) is 7.66. The van der Waals surface area contributed by atoms with Gasteiger partial charge in [-0.25, -0.2) is 0 Å². The van der Waals surface area contributed by atoms with E-state index in [2.05, 4.69) is 11.9 Å². The monoisotopic (exact) mass is 424 g/mol. The zero-order valence-electron chi connectivity index (χ0n) is 17.8. The quantitative estimate of drug-likeness (QED) is 0.552. The van der Waals surface area contributed by atoms with Gasteiger partial charge in [-0.2, -0.15) is 0 Å². The van der Waals surface area contributed by atoms with Gasteiger partial charge in [-0.3, -0.25) is 14.6 Å². The molecule has 0 spiro atoms. The zero-order chi connectivity index (χ0) is 22.5. The van der Waals surface area contributed by atoms with Gasteiger partial charge < -0.3 is 10.0 Å². The number of benzene rings is 2. The summed E-state index contributed by atoms with van der Waals surface area (Å²) < 4.78 is 0. The van der Waals surface area contributed by atoms with Crippen LogP contribution in [0, 0.1) is 0 Å². The van der Waals surface area contributed by atoms with E-state index >= 15 is 0 Å². The van der Waals surface area contributed by atoms with Crippen LogP contribution >= 0.6 is 0 Å². The van der Waals surface area contributed by atoms with Crippen molar-refractivity contribution in [1.82, 2.24) is 9.88 Å². The highest BCUT2D eigenvalue weighted by Gasteiger charge is 2.42. The summed E-state index contributed by atoms with van der Waals surface area (Å²) in [5.41, 5.74) is 3.70. The van der Waals surface area contributed by atoms with Gasteiger partial charge in [0.05, 0.1) is 11.6 Å². The summed E-state index contributed by atoms with van der Waals surface area (Å²) >= 11 is 0. The van der Waals surface area contributed by atoms with Gasteiger partial charge in [-0.1, -0.05) is 73.7 Å². The molecule has 0 radical (unpaired) electrons. The Morgan fingerprint density at radius 2 is 1.78 bits per heavy atom. The number of amides is 1. The lowest BCUT2D eigenvalue weighted by Gasteiger charge is -2.26. The maximum atomic E-state index is 13.2. The molecule has 5 nitrogen and oxygen atoms in total. The van der Waals surface area contributed by atoms with Crippen molar-refractivity contribution in [1.29, 1.82) is 0 Å². The van der Waals surface area contributed by atoms with Gasteiger partial charge in [0, 0.05) is 18.9 Å². The topological polar surface area (TPSA) is 70.5 Å². The summed E-state index contributed by atoms with van der Waals surface area (Å²) in [6, 6.07) is 20.2. The predicted molar refractivity (Wildman–Crippen MR) is 123 cm³/mol. The van der Waals surface area contributed by atoms with Gasteiger partial charge in [-0.15, -0.1) is 0 Å². The van der Waals surface area contributed by atoms with Crippen molar-refractivity contribution in [3.63, 3.8) is 0 Å². The number of allylic oxidation sites excluding steroid dienone is 1. The van der Waals surface area contributed by atoms with Crippen molar-refractivity contribution in [2.24, 2.45) is 0 Å². The normalized spacial score (nSPS) is 16.2. The van der Waals surface area contributed by atoms with E-state index in [9.17, 15) is 14.7 Å². The average molecular weight is 425 g/mol. The summed E-state index contributed by atoms with van der Waals surface area (Å²) in [4.78, 5) is 31.9. The second kappa shape index (κ2) is 9.43. The number of carbonyl (C=O) groups excluding carboxylic acids is 2. The number of aryl methyl sites for hydroxylation is 1. The molecule has 0 bridgehead atoms. The molecule has 160 valence electrons. The van der Waals surface area contributed by atoms with E-state index in [0.717, 1.165) is 28.7 Å². The molecule has 0 saturated carbocycles. The Hall–Kier alpha value is -3.99. The molecule has 1 N–H and O–H groups in total. The third kappa shape index (κ3) is 4.37. The van der Waals surface area contributed by atoms with Crippen molar-refractivity contribution >= 4 is 17.8 Å². The fourth-order valence-electron chi connectivity index (χ4n) is 3.86. The number of aliphatic hydroxyl groups is 1. The Labute approximate surface area is 187 Å². The summed E-state index contributed by atoms with van der Waals surface area (Å²) in [6.45, 7) is 2.30.